The molecular formula is C29H45N5O8S. The van der Waals surface area contributed by atoms with Crippen molar-refractivity contribution in [2.24, 2.45) is 5.73 Å². The van der Waals surface area contributed by atoms with Crippen LogP contribution in [0.4, 0.5) is 5.69 Å². The van der Waals surface area contributed by atoms with E-state index >= 15 is 0 Å². The number of aliphatic hydroxyl groups is 1. The lowest BCUT2D eigenvalue weighted by molar-refractivity contribution is -0.149. The van der Waals surface area contributed by atoms with Crippen LogP contribution in [0.5, 0.6) is 0 Å². The molecular weight excluding hydrogens is 578 g/mol. The van der Waals surface area contributed by atoms with Gasteiger partial charge >= 0.3 is 5.97 Å². The van der Waals surface area contributed by atoms with E-state index in [0.29, 0.717) is 24.9 Å². The summed E-state index contributed by atoms with van der Waals surface area (Å²) in [7, 11) is -3.50. The van der Waals surface area contributed by atoms with Crippen LogP contribution in [0.2, 0.25) is 0 Å². The van der Waals surface area contributed by atoms with Gasteiger partial charge in [0.05, 0.1) is 25.1 Å². The fourth-order valence-corrected chi connectivity index (χ4v) is 6.70. The molecule has 0 aromatic heterocycles. The number of unbranched alkanes of at least 4 members (excludes halogenated alkanes) is 4. The number of carbonyl (C=O) groups is 4. The van der Waals surface area contributed by atoms with E-state index in [1.165, 1.54) is 10.6 Å². The number of aliphatic hydroxyl groups excluding tert-OH is 1. The van der Waals surface area contributed by atoms with Gasteiger partial charge in [-0.3, -0.25) is 23.5 Å². The number of amides is 3. The van der Waals surface area contributed by atoms with Crippen molar-refractivity contribution in [3.8, 4) is 0 Å². The molecule has 3 amide bonds. The van der Waals surface area contributed by atoms with Crippen molar-refractivity contribution in [1.82, 2.24) is 15.5 Å². The minimum Gasteiger partial charge on any atom is -0.463 e. The van der Waals surface area contributed by atoms with E-state index in [-0.39, 0.29) is 26.1 Å². The van der Waals surface area contributed by atoms with E-state index in [1.54, 1.807) is 17.0 Å². The van der Waals surface area contributed by atoms with Gasteiger partial charge in [0, 0.05) is 31.5 Å². The van der Waals surface area contributed by atoms with Gasteiger partial charge in [0.2, 0.25) is 27.7 Å². The third-order valence-electron chi connectivity index (χ3n) is 8.15. The molecule has 14 heteroatoms. The third-order valence-corrected chi connectivity index (χ3v) is 9.28. The summed E-state index contributed by atoms with van der Waals surface area (Å²) in [6, 6.07) is 4.78. The number of esters is 1. The minimum atomic E-state index is -3.50. The Morgan fingerprint density at radius 1 is 1.05 bits per heavy atom. The van der Waals surface area contributed by atoms with Gasteiger partial charge in [-0.15, -0.1) is 0 Å². The van der Waals surface area contributed by atoms with Crippen molar-refractivity contribution in [3.05, 3.63) is 29.8 Å². The van der Waals surface area contributed by atoms with Crippen LogP contribution in [-0.2, 0) is 39.4 Å². The van der Waals surface area contributed by atoms with Gasteiger partial charge in [-0.25, -0.2) is 8.42 Å². The van der Waals surface area contributed by atoms with Crippen LogP contribution < -0.4 is 20.7 Å². The molecule has 1 aromatic carbocycles. The van der Waals surface area contributed by atoms with Crippen LogP contribution in [0.15, 0.2) is 24.3 Å². The first kappa shape index (κ1) is 34.3. The lowest BCUT2D eigenvalue weighted by Crippen LogP contribution is -2.59. The summed E-state index contributed by atoms with van der Waals surface area (Å²) in [6.07, 6.45) is 7.06. The molecule has 0 saturated carbocycles. The maximum atomic E-state index is 13.7. The minimum absolute atomic E-state index is 0.187. The number of nitrogens with zero attached hydrogens (tertiary/aromatic N) is 2. The Bertz CT molecular complexity index is 1250. The summed E-state index contributed by atoms with van der Waals surface area (Å²) in [6.45, 7) is 1.43. The number of rotatable bonds is 15. The highest BCUT2D eigenvalue weighted by atomic mass is 32.2. The van der Waals surface area contributed by atoms with Crippen molar-refractivity contribution in [2.45, 2.75) is 75.8 Å². The Morgan fingerprint density at radius 3 is 2.35 bits per heavy atom. The summed E-state index contributed by atoms with van der Waals surface area (Å²) in [5.41, 5.74) is 6.40. The number of fused-ring (bicyclic) bond motifs is 2. The number of para-hydroxylation sites is 1. The molecule has 5 N–H and O–H groups in total. The van der Waals surface area contributed by atoms with Crippen LogP contribution in [0.3, 0.4) is 0 Å². The van der Waals surface area contributed by atoms with Crippen LogP contribution >= 0.6 is 0 Å². The summed E-state index contributed by atoms with van der Waals surface area (Å²) in [4.78, 5) is 52.3. The number of sulfonamides is 1. The SMILES string of the molecule is CCCCCCCC(=O)OC[C@H](NC(=O)[C@H](CO)NC(=O)CN)C(=O)N1CCC2(CC1)CN(S(C)(=O)=O)c1ccccc12. The third kappa shape index (κ3) is 8.89. The smallest absolute Gasteiger partial charge is 0.305 e. The average molecular weight is 624 g/mol. The van der Waals surface area contributed by atoms with Crippen LogP contribution in [-0.4, -0.2) is 99.8 Å². The zero-order valence-corrected chi connectivity index (χ0v) is 25.9. The van der Waals surface area contributed by atoms with E-state index in [0.717, 1.165) is 31.2 Å². The first-order valence-electron chi connectivity index (χ1n) is 14.9. The fourth-order valence-electron chi connectivity index (χ4n) is 5.70. The first-order chi connectivity index (χ1) is 20.5. The maximum absolute atomic E-state index is 13.7. The van der Waals surface area contributed by atoms with Crippen molar-refractivity contribution in [2.75, 3.05) is 50.0 Å². The largest absolute Gasteiger partial charge is 0.463 e. The second kappa shape index (κ2) is 15.5. The summed E-state index contributed by atoms with van der Waals surface area (Å²) in [5, 5.41) is 14.5. The Hall–Kier alpha value is -3.23. The van der Waals surface area contributed by atoms with Gasteiger partial charge in [-0.2, -0.15) is 0 Å². The number of ether oxygens (including phenoxy) is 1. The number of nitrogens with one attached hydrogen (secondary N) is 2. The second-order valence-electron chi connectivity index (χ2n) is 11.3. The number of hydrogen-bond acceptors (Lipinski definition) is 9. The van der Waals surface area contributed by atoms with E-state index in [4.69, 9.17) is 10.5 Å². The second-order valence-corrected chi connectivity index (χ2v) is 13.2. The molecule has 1 saturated heterocycles. The fraction of sp³-hybridized carbons (Fsp3) is 0.655. The molecule has 1 aromatic rings. The molecule has 2 aliphatic heterocycles. The van der Waals surface area contributed by atoms with Crippen molar-refractivity contribution in [3.63, 3.8) is 0 Å². The Kier molecular flexibility index (Phi) is 12.3. The predicted molar refractivity (Wildman–Crippen MR) is 160 cm³/mol. The molecule has 0 aliphatic carbocycles. The van der Waals surface area contributed by atoms with Gasteiger partial charge in [0.15, 0.2) is 0 Å². The van der Waals surface area contributed by atoms with E-state index in [9.17, 15) is 32.7 Å². The van der Waals surface area contributed by atoms with Crippen molar-refractivity contribution < 1.29 is 37.4 Å². The first-order valence-corrected chi connectivity index (χ1v) is 16.7. The van der Waals surface area contributed by atoms with Crippen molar-refractivity contribution >= 4 is 39.4 Å². The van der Waals surface area contributed by atoms with Gasteiger partial charge < -0.3 is 31.1 Å². The monoisotopic (exact) mass is 623 g/mol. The molecule has 0 bridgehead atoms. The zero-order chi connectivity index (χ0) is 31.6. The average Bonchev–Trinajstić information content (AvgIpc) is 3.32. The van der Waals surface area contributed by atoms with Gasteiger partial charge in [-0.1, -0.05) is 50.8 Å². The van der Waals surface area contributed by atoms with E-state index in [2.05, 4.69) is 17.6 Å². The zero-order valence-electron chi connectivity index (χ0n) is 25.0. The topological polar surface area (TPSA) is 188 Å². The highest BCUT2D eigenvalue weighted by Crippen LogP contribution is 2.47. The molecule has 0 radical (unpaired) electrons. The Labute approximate surface area is 253 Å². The number of anilines is 1. The molecule has 13 nitrogen and oxygen atoms in total. The molecule has 3 rings (SSSR count). The summed E-state index contributed by atoms with van der Waals surface area (Å²) >= 11 is 0. The summed E-state index contributed by atoms with van der Waals surface area (Å²) < 4.78 is 31.8. The number of carbonyl (C=O) groups excluding carboxylic acids is 4. The maximum Gasteiger partial charge on any atom is 0.305 e. The highest BCUT2D eigenvalue weighted by Gasteiger charge is 2.48. The summed E-state index contributed by atoms with van der Waals surface area (Å²) in [5.74, 6) is -2.44. The standard InChI is InChI=1S/C29H45N5O8S/c1-3-4-5-6-7-12-26(37)42-19-23(32-27(38)22(18-35)31-25(36)17-30)28(39)33-15-13-29(14-16-33)20-34(43(2,40)41)24-11-9-8-10-21(24)29/h8-11,22-23,35H,3-7,12-20,30H2,1-2H3,(H,31,36)(H,32,38)/t22-,23-/m0/s1. The highest BCUT2D eigenvalue weighted by molar-refractivity contribution is 7.92. The Morgan fingerprint density at radius 2 is 1.72 bits per heavy atom. The molecule has 240 valence electrons. The van der Waals surface area contributed by atoms with E-state index < -0.39 is 71.0 Å². The van der Waals surface area contributed by atoms with Crippen LogP contribution in [0, 0.1) is 0 Å². The lowest BCUT2D eigenvalue weighted by atomic mass is 9.74. The number of nitrogens with two attached hydrogens (primary N) is 1. The number of likely N-dealkylation sites (tertiary alicyclic amines) is 1. The number of benzene rings is 1. The predicted octanol–water partition coefficient (Wildman–Crippen LogP) is 0.151. The Balaban J connectivity index is 1.70. The molecule has 2 aliphatic rings. The molecule has 2 atom stereocenters. The van der Waals surface area contributed by atoms with Gasteiger partial charge in [0.1, 0.15) is 18.7 Å². The molecule has 1 spiro atoms. The molecule has 2 heterocycles. The van der Waals surface area contributed by atoms with Crippen molar-refractivity contribution in [1.29, 1.82) is 0 Å². The van der Waals surface area contributed by atoms with Crippen LogP contribution in [0.1, 0.15) is 63.9 Å². The lowest BCUT2D eigenvalue weighted by Gasteiger charge is -2.41. The molecule has 1 fully saturated rings. The normalized spacial score (nSPS) is 17.2. The number of hydrogen-bond donors (Lipinski definition) is 4. The number of piperidine rings is 1. The quantitative estimate of drug-likeness (QED) is 0.156. The molecule has 43 heavy (non-hydrogen) atoms. The van der Waals surface area contributed by atoms with Gasteiger partial charge in [-0.05, 0) is 30.9 Å². The van der Waals surface area contributed by atoms with Crippen LogP contribution in [0.25, 0.3) is 0 Å². The van der Waals surface area contributed by atoms with Gasteiger partial charge in [0.25, 0.3) is 0 Å². The van der Waals surface area contributed by atoms with E-state index in [1.807, 2.05) is 12.1 Å². The molecule has 0 unspecified atom stereocenters.